The Labute approximate surface area is 184 Å². The van der Waals surface area contributed by atoms with Crippen LogP contribution in [0.15, 0.2) is 82.8 Å². The molecule has 0 saturated heterocycles. The van der Waals surface area contributed by atoms with Gasteiger partial charge in [0.2, 0.25) is 0 Å². The molecule has 3 aromatic rings. The van der Waals surface area contributed by atoms with E-state index in [-0.39, 0.29) is 12.5 Å². The lowest BCUT2D eigenvalue weighted by molar-refractivity contribution is 0.0955. The topological polar surface area (TPSA) is 74.5 Å². The lowest BCUT2D eigenvalue weighted by atomic mass is 10.1. The lowest BCUT2D eigenvalue weighted by Gasteiger charge is -2.04. The Morgan fingerprint density at radius 2 is 1.77 bits per heavy atom. The Hall–Kier alpha value is -3.27. The van der Waals surface area contributed by atoms with Gasteiger partial charge in [-0.3, -0.25) is 4.79 Å². The predicted octanol–water partition coefficient (Wildman–Crippen LogP) is 5.30. The predicted molar refractivity (Wildman–Crippen MR) is 120 cm³/mol. The number of carbonyl (C=O) groups excluding carboxylic acids is 1. The Balaban J connectivity index is 1.48. The van der Waals surface area contributed by atoms with Crippen molar-refractivity contribution in [2.24, 2.45) is 5.10 Å². The van der Waals surface area contributed by atoms with E-state index in [9.17, 15) is 4.79 Å². The van der Waals surface area contributed by atoms with Crippen molar-refractivity contribution in [2.45, 2.75) is 10.6 Å². The van der Waals surface area contributed by atoms with Crippen molar-refractivity contribution in [3.63, 3.8) is 0 Å². The van der Waals surface area contributed by atoms with Gasteiger partial charge in [0.25, 0.3) is 5.91 Å². The highest BCUT2D eigenvalue weighted by Crippen LogP contribution is 2.24. The number of amides is 1. The number of hydrogen-bond acceptors (Lipinski definition) is 5. The van der Waals surface area contributed by atoms with Crippen molar-refractivity contribution in [2.75, 3.05) is 6.61 Å². The first-order valence-corrected chi connectivity index (χ1v) is 10.4. The quantitative estimate of drug-likeness (QED) is 0.296. The lowest BCUT2D eigenvalue weighted by Crippen LogP contribution is -2.17. The fourth-order valence-electron chi connectivity index (χ4n) is 2.45. The molecule has 0 radical (unpaired) electrons. The molecule has 5 nitrogen and oxygen atoms in total. The summed E-state index contributed by atoms with van der Waals surface area (Å²) in [5.41, 5.74) is 4.97. The molecule has 7 heteroatoms. The van der Waals surface area contributed by atoms with Crippen molar-refractivity contribution in [3.05, 3.63) is 94.5 Å². The van der Waals surface area contributed by atoms with Crippen LogP contribution in [0.3, 0.4) is 0 Å². The number of ether oxygens (including phenoxy) is 1. The SMILES string of the molecule is N#CCOc1ccc(C=NNC(=O)c2ccc(CSc3ccc(Cl)cc3)cc2)cc1. The molecule has 150 valence electrons. The average molecular weight is 436 g/mol. The van der Waals surface area contributed by atoms with E-state index in [4.69, 9.17) is 21.6 Å². The van der Waals surface area contributed by atoms with Gasteiger partial charge in [-0.25, -0.2) is 5.43 Å². The fourth-order valence-corrected chi connectivity index (χ4v) is 3.43. The number of rotatable bonds is 8. The summed E-state index contributed by atoms with van der Waals surface area (Å²) in [6, 6.07) is 24.1. The van der Waals surface area contributed by atoms with Crippen molar-refractivity contribution < 1.29 is 9.53 Å². The van der Waals surface area contributed by atoms with E-state index >= 15 is 0 Å². The number of thioether (sulfide) groups is 1. The van der Waals surface area contributed by atoms with E-state index in [0.717, 1.165) is 26.8 Å². The number of hydrogen-bond donors (Lipinski definition) is 1. The smallest absolute Gasteiger partial charge is 0.271 e. The van der Waals surface area contributed by atoms with Crippen LogP contribution in [-0.2, 0) is 5.75 Å². The van der Waals surface area contributed by atoms with E-state index in [1.165, 1.54) is 0 Å². The molecular formula is C23H18ClN3O2S. The molecule has 0 atom stereocenters. The second-order valence-corrected chi connectivity index (χ2v) is 7.64. The third kappa shape index (κ3) is 6.66. The zero-order valence-electron chi connectivity index (χ0n) is 15.9. The highest BCUT2D eigenvalue weighted by Gasteiger charge is 2.04. The molecule has 0 fully saturated rings. The van der Waals surface area contributed by atoms with Gasteiger partial charge in [-0.05, 0) is 71.8 Å². The summed E-state index contributed by atoms with van der Waals surface area (Å²) in [6.45, 7) is 0.00208. The summed E-state index contributed by atoms with van der Waals surface area (Å²) >= 11 is 7.60. The molecule has 1 N–H and O–H groups in total. The number of halogens is 1. The number of nitriles is 1. The van der Waals surface area contributed by atoms with Gasteiger partial charge in [0, 0.05) is 21.2 Å². The zero-order chi connectivity index (χ0) is 21.2. The Kier molecular flexibility index (Phi) is 7.90. The van der Waals surface area contributed by atoms with Crippen molar-refractivity contribution in [1.29, 1.82) is 5.26 Å². The molecule has 0 aromatic heterocycles. The molecule has 0 bridgehead atoms. The van der Waals surface area contributed by atoms with Gasteiger partial charge in [-0.15, -0.1) is 11.8 Å². The molecule has 1 amide bonds. The molecule has 0 heterocycles. The maximum Gasteiger partial charge on any atom is 0.271 e. The molecule has 0 aliphatic heterocycles. The minimum absolute atomic E-state index is 0.00208. The van der Waals surface area contributed by atoms with Gasteiger partial charge >= 0.3 is 0 Å². The third-order valence-corrected chi connectivity index (χ3v) is 5.33. The fraction of sp³-hybridized carbons (Fsp3) is 0.0870. The van der Waals surface area contributed by atoms with Gasteiger partial charge in [0.1, 0.15) is 11.8 Å². The summed E-state index contributed by atoms with van der Waals surface area (Å²) in [4.78, 5) is 13.4. The highest BCUT2D eigenvalue weighted by atomic mass is 35.5. The molecule has 0 aliphatic carbocycles. The second-order valence-electron chi connectivity index (χ2n) is 6.15. The second kappa shape index (κ2) is 11.1. The summed E-state index contributed by atoms with van der Waals surface area (Å²) in [5.74, 6) is 1.12. The molecular weight excluding hydrogens is 418 g/mol. The van der Waals surface area contributed by atoms with Crippen LogP contribution in [0.25, 0.3) is 0 Å². The summed E-state index contributed by atoms with van der Waals surface area (Å²) < 4.78 is 5.19. The van der Waals surface area contributed by atoms with Crippen molar-refractivity contribution >= 4 is 35.5 Å². The van der Waals surface area contributed by atoms with Gasteiger partial charge < -0.3 is 4.74 Å². The number of nitrogens with one attached hydrogen (secondary N) is 1. The molecule has 0 unspecified atom stereocenters. The van der Waals surface area contributed by atoms with Gasteiger partial charge in [-0.1, -0.05) is 23.7 Å². The minimum Gasteiger partial charge on any atom is -0.479 e. The Bertz CT molecular complexity index is 1040. The highest BCUT2D eigenvalue weighted by molar-refractivity contribution is 7.98. The van der Waals surface area contributed by atoms with E-state index in [1.54, 1.807) is 54.4 Å². The van der Waals surface area contributed by atoms with E-state index in [2.05, 4.69) is 10.5 Å². The molecule has 0 spiro atoms. The Morgan fingerprint density at radius 3 is 2.43 bits per heavy atom. The standard InChI is InChI=1S/C23H18ClN3O2S/c24-20-7-11-22(12-8-20)30-16-18-1-5-19(6-2-18)23(28)27-26-15-17-3-9-21(10-4-17)29-14-13-25/h1-12,15H,14,16H2,(H,27,28). The van der Waals surface area contributed by atoms with E-state index in [0.29, 0.717) is 11.3 Å². The monoisotopic (exact) mass is 435 g/mol. The van der Waals surface area contributed by atoms with Gasteiger partial charge in [0.05, 0.1) is 6.21 Å². The first-order valence-electron chi connectivity index (χ1n) is 9.04. The molecule has 3 rings (SSSR count). The molecule has 3 aromatic carbocycles. The molecule has 0 saturated carbocycles. The number of carbonyl (C=O) groups is 1. The normalized spacial score (nSPS) is 10.5. The van der Waals surface area contributed by atoms with Crippen LogP contribution in [0, 0.1) is 11.3 Å². The van der Waals surface area contributed by atoms with Crippen LogP contribution < -0.4 is 10.2 Å². The van der Waals surface area contributed by atoms with Crippen LogP contribution in [0.5, 0.6) is 5.75 Å². The average Bonchev–Trinajstić information content (AvgIpc) is 2.78. The van der Waals surface area contributed by atoms with Crippen LogP contribution in [-0.4, -0.2) is 18.7 Å². The molecule has 0 aliphatic rings. The van der Waals surface area contributed by atoms with E-state index in [1.807, 2.05) is 42.5 Å². The Morgan fingerprint density at radius 1 is 1.07 bits per heavy atom. The maximum absolute atomic E-state index is 12.2. The largest absolute Gasteiger partial charge is 0.479 e. The third-order valence-electron chi connectivity index (χ3n) is 4.00. The molecule has 30 heavy (non-hydrogen) atoms. The van der Waals surface area contributed by atoms with Crippen LogP contribution in [0.1, 0.15) is 21.5 Å². The maximum atomic E-state index is 12.2. The summed E-state index contributed by atoms with van der Waals surface area (Å²) in [6.07, 6.45) is 1.54. The first kappa shape index (κ1) is 21.4. The minimum atomic E-state index is -0.280. The van der Waals surface area contributed by atoms with E-state index < -0.39 is 0 Å². The number of hydrazone groups is 1. The van der Waals surface area contributed by atoms with Crippen LogP contribution >= 0.6 is 23.4 Å². The van der Waals surface area contributed by atoms with Crippen LogP contribution in [0.2, 0.25) is 5.02 Å². The zero-order valence-corrected chi connectivity index (χ0v) is 17.5. The first-order chi connectivity index (χ1) is 14.6. The number of benzene rings is 3. The van der Waals surface area contributed by atoms with Crippen LogP contribution in [0.4, 0.5) is 0 Å². The van der Waals surface area contributed by atoms with Crippen molar-refractivity contribution in [3.8, 4) is 11.8 Å². The van der Waals surface area contributed by atoms with Crippen molar-refractivity contribution in [1.82, 2.24) is 5.43 Å². The summed E-state index contributed by atoms with van der Waals surface area (Å²) in [5, 5.41) is 13.2. The van der Waals surface area contributed by atoms with Gasteiger partial charge in [-0.2, -0.15) is 10.4 Å². The van der Waals surface area contributed by atoms with Gasteiger partial charge in [0.15, 0.2) is 6.61 Å². The number of nitrogens with zero attached hydrogens (tertiary/aromatic N) is 2. The summed E-state index contributed by atoms with van der Waals surface area (Å²) in [7, 11) is 0.